The Morgan fingerprint density at radius 1 is 1.04 bits per heavy atom. The molecule has 2 aliphatic heterocycles. The van der Waals surface area contributed by atoms with Gasteiger partial charge in [-0.25, -0.2) is 0 Å². The molecule has 2 aliphatic rings. The summed E-state index contributed by atoms with van der Waals surface area (Å²) in [6.07, 6.45) is 0.897. The van der Waals surface area contributed by atoms with Gasteiger partial charge in [-0.3, -0.25) is 4.79 Å². The fourth-order valence-corrected chi connectivity index (χ4v) is 3.30. The van der Waals surface area contributed by atoms with Gasteiger partial charge in [-0.1, -0.05) is 42.5 Å². The van der Waals surface area contributed by atoms with Crippen LogP contribution in [0.1, 0.15) is 16.8 Å². The van der Waals surface area contributed by atoms with E-state index in [-0.39, 0.29) is 17.6 Å². The Hall–Kier alpha value is -2.17. The minimum absolute atomic E-state index is 0.0254. The Kier molecular flexibility index (Phi) is 3.63. The molecule has 4 rings (SSSR count). The van der Waals surface area contributed by atoms with Crippen LogP contribution >= 0.6 is 0 Å². The Balaban J connectivity index is 1.41. The minimum atomic E-state index is -0.0326. The smallest absolute Gasteiger partial charge is 0.251 e. The van der Waals surface area contributed by atoms with Crippen molar-refractivity contribution in [3.63, 3.8) is 0 Å². The summed E-state index contributed by atoms with van der Waals surface area (Å²) in [6, 6.07) is 18.0. The van der Waals surface area contributed by atoms with E-state index in [1.54, 1.807) is 0 Å². The van der Waals surface area contributed by atoms with Crippen LogP contribution < -0.4 is 10.6 Å². The highest BCUT2D eigenvalue weighted by Gasteiger charge is 2.45. The molecule has 2 aromatic carbocycles. The fourth-order valence-electron chi connectivity index (χ4n) is 3.30. The van der Waals surface area contributed by atoms with Crippen LogP contribution in [-0.4, -0.2) is 37.2 Å². The van der Waals surface area contributed by atoms with E-state index >= 15 is 0 Å². The Morgan fingerprint density at radius 3 is 2.35 bits per heavy atom. The van der Waals surface area contributed by atoms with Crippen molar-refractivity contribution >= 4 is 5.91 Å². The Morgan fingerprint density at radius 2 is 1.74 bits per heavy atom. The molecule has 1 atom stereocenters. The monoisotopic (exact) mass is 308 g/mol. The molecule has 0 saturated carbocycles. The number of benzene rings is 2. The molecule has 0 aliphatic carbocycles. The van der Waals surface area contributed by atoms with Crippen LogP contribution in [0.4, 0.5) is 0 Å². The first-order chi connectivity index (χ1) is 11.2. The molecule has 2 fully saturated rings. The molecule has 23 heavy (non-hydrogen) atoms. The van der Waals surface area contributed by atoms with Crippen molar-refractivity contribution in [1.29, 1.82) is 0 Å². The van der Waals surface area contributed by atoms with Crippen LogP contribution in [0.15, 0.2) is 54.6 Å². The maximum atomic E-state index is 12.4. The third-order valence-electron chi connectivity index (χ3n) is 4.69. The normalized spacial score (nSPS) is 21.8. The molecule has 2 N–H and O–H groups in total. The van der Waals surface area contributed by atoms with Gasteiger partial charge < -0.3 is 15.4 Å². The van der Waals surface area contributed by atoms with Gasteiger partial charge in [-0.2, -0.15) is 0 Å². The summed E-state index contributed by atoms with van der Waals surface area (Å²) >= 11 is 0. The second-order valence-electron chi connectivity index (χ2n) is 6.42. The minimum Gasteiger partial charge on any atom is -0.370 e. The van der Waals surface area contributed by atoms with Crippen molar-refractivity contribution in [2.45, 2.75) is 18.1 Å². The molecule has 0 bridgehead atoms. The first-order valence-corrected chi connectivity index (χ1v) is 8.05. The Bertz CT molecular complexity index is 693. The summed E-state index contributed by atoms with van der Waals surface area (Å²) in [5, 5.41) is 6.32. The predicted molar refractivity (Wildman–Crippen MR) is 89.3 cm³/mol. The van der Waals surface area contributed by atoms with Gasteiger partial charge in [0, 0.05) is 25.1 Å². The second kappa shape index (κ2) is 5.80. The van der Waals surface area contributed by atoms with Crippen molar-refractivity contribution in [1.82, 2.24) is 10.6 Å². The molecule has 1 amide bonds. The van der Waals surface area contributed by atoms with E-state index in [0.717, 1.165) is 30.6 Å². The van der Waals surface area contributed by atoms with Crippen LogP contribution in [0.2, 0.25) is 0 Å². The van der Waals surface area contributed by atoms with Gasteiger partial charge in [0.1, 0.15) is 0 Å². The van der Waals surface area contributed by atoms with Crippen LogP contribution in [-0.2, 0) is 4.74 Å². The van der Waals surface area contributed by atoms with Crippen LogP contribution in [0.5, 0.6) is 0 Å². The summed E-state index contributed by atoms with van der Waals surface area (Å²) in [4.78, 5) is 12.4. The van der Waals surface area contributed by atoms with Crippen molar-refractivity contribution < 1.29 is 9.53 Å². The molecule has 1 unspecified atom stereocenters. The lowest BCUT2D eigenvalue weighted by atomic mass is 9.92. The standard InChI is InChI=1S/C19H20N2O2/c22-18(21-17-10-19(23-11-17)12-20-13-19)16-8-6-15(7-9-16)14-4-2-1-3-5-14/h1-9,17,20H,10-13H2,(H,21,22). The van der Waals surface area contributed by atoms with Crippen LogP contribution in [0.25, 0.3) is 11.1 Å². The zero-order valence-corrected chi connectivity index (χ0v) is 12.9. The molecule has 2 heterocycles. The molecule has 118 valence electrons. The number of carbonyl (C=O) groups is 1. The quantitative estimate of drug-likeness (QED) is 0.914. The lowest BCUT2D eigenvalue weighted by Crippen LogP contribution is -2.59. The van der Waals surface area contributed by atoms with Crippen molar-refractivity contribution in [2.75, 3.05) is 19.7 Å². The number of hydrogen-bond donors (Lipinski definition) is 2. The molecular weight excluding hydrogens is 288 g/mol. The summed E-state index contributed by atoms with van der Waals surface area (Å²) in [7, 11) is 0. The van der Waals surface area contributed by atoms with E-state index in [0.29, 0.717) is 12.2 Å². The maximum absolute atomic E-state index is 12.4. The predicted octanol–water partition coefficient (Wildman–Crippen LogP) is 2.21. The highest BCUT2D eigenvalue weighted by atomic mass is 16.5. The molecule has 2 saturated heterocycles. The summed E-state index contributed by atoms with van der Waals surface area (Å²) in [5.74, 6) is -0.0254. The molecule has 4 nitrogen and oxygen atoms in total. The van der Waals surface area contributed by atoms with E-state index in [9.17, 15) is 4.79 Å². The van der Waals surface area contributed by atoms with Gasteiger partial charge >= 0.3 is 0 Å². The summed E-state index contributed by atoms with van der Waals surface area (Å²) in [6.45, 7) is 2.39. The van der Waals surface area contributed by atoms with E-state index in [1.807, 2.05) is 42.5 Å². The summed E-state index contributed by atoms with van der Waals surface area (Å²) in [5.41, 5.74) is 2.93. The van der Waals surface area contributed by atoms with Gasteiger partial charge in [-0.05, 0) is 23.3 Å². The Labute approximate surface area is 135 Å². The molecular formula is C19H20N2O2. The number of nitrogens with one attached hydrogen (secondary N) is 2. The van der Waals surface area contributed by atoms with E-state index in [2.05, 4.69) is 22.8 Å². The first-order valence-electron chi connectivity index (χ1n) is 8.05. The second-order valence-corrected chi connectivity index (χ2v) is 6.42. The topological polar surface area (TPSA) is 50.4 Å². The zero-order chi connectivity index (χ0) is 15.7. The van der Waals surface area contributed by atoms with Crippen LogP contribution in [0, 0.1) is 0 Å². The highest BCUT2D eigenvalue weighted by Crippen LogP contribution is 2.29. The van der Waals surface area contributed by atoms with E-state index in [4.69, 9.17) is 4.74 Å². The van der Waals surface area contributed by atoms with Gasteiger partial charge in [0.15, 0.2) is 0 Å². The molecule has 0 radical (unpaired) electrons. The maximum Gasteiger partial charge on any atom is 0.251 e. The van der Waals surface area contributed by atoms with Gasteiger partial charge in [0.05, 0.1) is 18.2 Å². The van der Waals surface area contributed by atoms with E-state index in [1.165, 1.54) is 0 Å². The number of amides is 1. The molecule has 1 spiro atoms. The lowest BCUT2D eigenvalue weighted by Gasteiger charge is -2.38. The number of carbonyl (C=O) groups excluding carboxylic acids is 1. The summed E-state index contributed by atoms with van der Waals surface area (Å²) < 4.78 is 5.83. The first kappa shape index (κ1) is 14.4. The van der Waals surface area contributed by atoms with Gasteiger partial charge in [-0.15, -0.1) is 0 Å². The van der Waals surface area contributed by atoms with E-state index < -0.39 is 0 Å². The SMILES string of the molecule is O=C(NC1COC2(CNC2)C1)c1ccc(-c2ccccc2)cc1. The number of hydrogen-bond acceptors (Lipinski definition) is 3. The largest absolute Gasteiger partial charge is 0.370 e. The average Bonchev–Trinajstić information content (AvgIpc) is 3.00. The number of rotatable bonds is 3. The number of ether oxygens (including phenoxy) is 1. The zero-order valence-electron chi connectivity index (χ0n) is 12.9. The lowest BCUT2D eigenvalue weighted by molar-refractivity contribution is -0.0360. The molecule has 4 heteroatoms. The highest BCUT2D eigenvalue weighted by molar-refractivity contribution is 5.94. The van der Waals surface area contributed by atoms with Crippen LogP contribution in [0.3, 0.4) is 0 Å². The van der Waals surface area contributed by atoms with Crippen molar-refractivity contribution in [3.8, 4) is 11.1 Å². The van der Waals surface area contributed by atoms with Crippen molar-refractivity contribution in [3.05, 3.63) is 60.2 Å². The average molecular weight is 308 g/mol. The van der Waals surface area contributed by atoms with Gasteiger partial charge in [0.25, 0.3) is 5.91 Å². The third-order valence-corrected chi connectivity index (χ3v) is 4.69. The molecule has 2 aromatic rings. The third kappa shape index (κ3) is 2.87. The van der Waals surface area contributed by atoms with Crippen molar-refractivity contribution in [2.24, 2.45) is 0 Å². The fraction of sp³-hybridized carbons (Fsp3) is 0.316. The molecule has 0 aromatic heterocycles. The van der Waals surface area contributed by atoms with Gasteiger partial charge in [0.2, 0.25) is 0 Å².